The van der Waals surface area contributed by atoms with Crippen molar-refractivity contribution in [3.63, 3.8) is 0 Å². The lowest BCUT2D eigenvalue weighted by Gasteiger charge is -2.23. The highest BCUT2D eigenvalue weighted by molar-refractivity contribution is 4.99. The van der Waals surface area contributed by atoms with Crippen LogP contribution < -0.4 is 0 Å². The van der Waals surface area contributed by atoms with Crippen molar-refractivity contribution in [1.82, 2.24) is 0 Å². The number of rotatable bonds is 11. The molecule has 0 aromatic heterocycles. The Labute approximate surface area is 140 Å². The first-order valence-corrected chi connectivity index (χ1v) is 9.90. The average Bonchev–Trinajstić information content (AvgIpc) is 2.92. The van der Waals surface area contributed by atoms with E-state index in [1.807, 2.05) is 0 Å². The van der Waals surface area contributed by atoms with Crippen molar-refractivity contribution in [1.29, 1.82) is 0 Å². The molecule has 0 heterocycles. The summed E-state index contributed by atoms with van der Waals surface area (Å²) >= 11 is 0. The van der Waals surface area contributed by atoms with Gasteiger partial charge in [0.1, 0.15) is 0 Å². The fourth-order valence-corrected chi connectivity index (χ4v) is 3.64. The summed E-state index contributed by atoms with van der Waals surface area (Å²) in [5.74, 6) is 1.76. The Bertz CT molecular complexity index is 321. The van der Waals surface area contributed by atoms with Crippen molar-refractivity contribution in [3.05, 3.63) is 24.3 Å². The topological polar surface area (TPSA) is 0 Å². The Morgan fingerprint density at radius 2 is 1.73 bits per heavy atom. The SMILES string of the molecule is CCCCC=CC[C@H]1CCC[C@@H]1C=CCC(C)(C)CCCC. The van der Waals surface area contributed by atoms with Crippen LogP contribution in [0.3, 0.4) is 0 Å². The second kappa shape index (κ2) is 11.1. The van der Waals surface area contributed by atoms with E-state index in [0.717, 1.165) is 11.8 Å². The van der Waals surface area contributed by atoms with Gasteiger partial charge in [-0.1, -0.05) is 84.1 Å². The standard InChI is InChI=1S/C22H40/c1-5-7-9-10-11-14-20-15-12-16-21(20)17-13-19-22(3,4)18-8-6-2/h10-11,13,17,20-21H,5-9,12,14-16,18-19H2,1-4H3/t20-,21+/m0/s1. The number of unbranched alkanes of at least 4 members (excludes halogenated alkanes) is 3. The molecule has 2 atom stereocenters. The van der Waals surface area contributed by atoms with Crippen LogP contribution in [-0.4, -0.2) is 0 Å². The lowest BCUT2D eigenvalue weighted by molar-refractivity contribution is 0.326. The molecule has 0 aromatic carbocycles. The molecule has 0 heteroatoms. The molecule has 1 rings (SSSR count). The molecule has 0 aliphatic heterocycles. The molecule has 0 nitrogen and oxygen atoms in total. The van der Waals surface area contributed by atoms with Crippen molar-refractivity contribution in [3.8, 4) is 0 Å². The number of hydrogen-bond donors (Lipinski definition) is 0. The predicted octanol–water partition coefficient (Wildman–Crippen LogP) is 7.70. The normalized spacial score (nSPS) is 23.1. The van der Waals surface area contributed by atoms with Crippen LogP contribution in [0.2, 0.25) is 0 Å². The Hall–Kier alpha value is -0.520. The zero-order valence-electron chi connectivity index (χ0n) is 15.7. The molecule has 1 aliphatic rings. The van der Waals surface area contributed by atoms with E-state index in [-0.39, 0.29) is 0 Å². The summed E-state index contributed by atoms with van der Waals surface area (Å²) in [6.07, 6.45) is 24.8. The number of hydrogen-bond acceptors (Lipinski definition) is 0. The van der Waals surface area contributed by atoms with Gasteiger partial charge in [-0.15, -0.1) is 0 Å². The van der Waals surface area contributed by atoms with Crippen LogP contribution in [0.5, 0.6) is 0 Å². The minimum absolute atomic E-state index is 0.487. The van der Waals surface area contributed by atoms with E-state index >= 15 is 0 Å². The molecule has 0 bridgehead atoms. The van der Waals surface area contributed by atoms with E-state index in [1.54, 1.807) is 0 Å². The zero-order chi connectivity index (χ0) is 16.3. The van der Waals surface area contributed by atoms with E-state index in [4.69, 9.17) is 0 Å². The summed E-state index contributed by atoms with van der Waals surface area (Å²) in [6.45, 7) is 9.42. The molecule has 0 amide bonds. The van der Waals surface area contributed by atoms with Gasteiger partial charge >= 0.3 is 0 Å². The van der Waals surface area contributed by atoms with E-state index in [9.17, 15) is 0 Å². The first-order chi connectivity index (χ1) is 10.6. The van der Waals surface area contributed by atoms with Crippen LogP contribution in [0.1, 0.15) is 98.3 Å². The third-order valence-electron chi connectivity index (χ3n) is 5.31. The molecule has 0 unspecified atom stereocenters. The van der Waals surface area contributed by atoms with Crippen molar-refractivity contribution >= 4 is 0 Å². The molecule has 1 fully saturated rings. The molecule has 0 spiro atoms. The maximum absolute atomic E-state index is 2.56. The first-order valence-electron chi connectivity index (χ1n) is 9.90. The molecular weight excluding hydrogens is 264 g/mol. The third-order valence-corrected chi connectivity index (χ3v) is 5.31. The van der Waals surface area contributed by atoms with Crippen LogP contribution in [0.4, 0.5) is 0 Å². The van der Waals surface area contributed by atoms with Gasteiger partial charge in [0.05, 0.1) is 0 Å². The zero-order valence-corrected chi connectivity index (χ0v) is 15.7. The van der Waals surface area contributed by atoms with Gasteiger partial charge in [-0.3, -0.25) is 0 Å². The van der Waals surface area contributed by atoms with Crippen molar-refractivity contribution in [2.24, 2.45) is 17.3 Å². The lowest BCUT2D eigenvalue weighted by Crippen LogP contribution is -2.10. The van der Waals surface area contributed by atoms with E-state index in [2.05, 4.69) is 52.0 Å². The van der Waals surface area contributed by atoms with E-state index in [0.29, 0.717) is 5.41 Å². The van der Waals surface area contributed by atoms with Crippen LogP contribution in [0.25, 0.3) is 0 Å². The maximum atomic E-state index is 2.56. The van der Waals surface area contributed by atoms with Crippen molar-refractivity contribution in [2.45, 2.75) is 98.3 Å². The molecule has 0 saturated heterocycles. The minimum atomic E-state index is 0.487. The van der Waals surface area contributed by atoms with Crippen LogP contribution in [-0.2, 0) is 0 Å². The largest absolute Gasteiger partial charge is 0.0885 e. The summed E-state index contributed by atoms with van der Waals surface area (Å²) in [7, 11) is 0. The molecule has 0 aromatic rings. The molecule has 0 N–H and O–H groups in total. The van der Waals surface area contributed by atoms with Crippen LogP contribution in [0.15, 0.2) is 24.3 Å². The summed E-state index contributed by atoms with van der Waals surface area (Å²) in [6, 6.07) is 0. The summed E-state index contributed by atoms with van der Waals surface area (Å²) in [4.78, 5) is 0. The van der Waals surface area contributed by atoms with Gasteiger partial charge in [-0.2, -0.15) is 0 Å². The highest BCUT2D eigenvalue weighted by Crippen LogP contribution is 2.36. The second-order valence-electron chi connectivity index (χ2n) is 8.10. The maximum Gasteiger partial charge on any atom is -0.0202 e. The van der Waals surface area contributed by atoms with Crippen LogP contribution in [0, 0.1) is 17.3 Å². The fraction of sp³-hybridized carbons (Fsp3) is 0.818. The highest BCUT2D eigenvalue weighted by Gasteiger charge is 2.24. The highest BCUT2D eigenvalue weighted by atomic mass is 14.3. The Balaban J connectivity index is 2.33. The summed E-state index contributed by atoms with van der Waals surface area (Å²) in [5, 5.41) is 0. The van der Waals surface area contributed by atoms with E-state index in [1.165, 1.54) is 70.6 Å². The van der Waals surface area contributed by atoms with Crippen molar-refractivity contribution < 1.29 is 0 Å². The van der Waals surface area contributed by atoms with Crippen LogP contribution >= 0.6 is 0 Å². The Morgan fingerprint density at radius 1 is 0.955 bits per heavy atom. The Morgan fingerprint density at radius 3 is 2.45 bits per heavy atom. The lowest BCUT2D eigenvalue weighted by atomic mass is 9.83. The van der Waals surface area contributed by atoms with Gasteiger partial charge < -0.3 is 0 Å². The molecule has 128 valence electrons. The van der Waals surface area contributed by atoms with Gasteiger partial charge in [-0.05, 0) is 55.8 Å². The summed E-state index contributed by atoms with van der Waals surface area (Å²) < 4.78 is 0. The molecule has 22 heavy (non-hydrogen) atoms. The van der Waals surface area contributed by atoms with Gasteiger partial charge in [-0.25, -0.2) is 0 Å². The monoisotopic (exact) mass is 304 g/mol. The fourth-order valence-electron chi connectivity index (χ4n) is 3.64. The van der Waals surface area contributed by atoms with Gasteiger partial charge in [0, 0.05) is 0 Å². The van der Waals surface area contributed by atoms with Crippen molar-refractivity contribution in [2.75, 3.05) is 0 Å². The molecule has 0 radical (unpaired) electrons. The minimum Gasteiger partial charge on any atom is -0.0885 e. The van der Waals surface area contributed by atoms with Gasteiger partial charge in [0.2, 0.25) is 0 Å². The van der Waals surface area contributed by atoms with E-state index < -0.39 is 0 Å². The first kappa shape index (κ1) is 19.5. The Kier molecular flexibility index (Phi) is 9.84. The third kappa shape index (κ3) is 8.20. The molecule has 1 aliphatic carbocycles. The average molecular weight is 305 g/mol. The summed E-state index contributed by atoms with van der Waals surface area (Å²) in [5.41, 5.74) is 0.487. The predicted molar refractivity (Wildman–Crippen MR) is 101 cm³/mol. The second-order valence-corrected chi connectivity index (χ2v) is 8.10. The smallest absolute Gasteiger partial charge is 0.0202 e. The molecular formula is C22H40. The number of allylic oxidation sites excluding steroid dienone is 4. The van der Waals surface area contributed by atoms with Gasteiger partial charge in [0.15, 0.2) is 0 Å². The quantitative estimate of drug-likeness (QED) is 0.271. The van der Waals surface area contributed by atoms with Gasteiger partial charge in [0.25, 0.3) is 0 Å². The molecule has 1 saturated carbocycles.